The number of carbonyl (C=O) groups excluding carboxylic acids is 1. The van der Waals surface area contributed by atoms with Gasteiger partial charge in [-0.2, -0.15) is 0 Å². The zero-order valence-electron chi connectivity index (χ0n) is 24.0. The Morgan fingerprint density at radius 2 is 1.27 bits per heavy atom. The van der Waals surface area contributed by atoms with Gasteiger partial charge in [0.15, 0.2) is 5.78 Å². The van der Waals surface area contributed by atoms with E-state index in [9.17, 15) is 4.79 Å². The first-order valence-electron chi connectivity index (χ1n) is 15.3. The summed E-state index contributed by atoms with van der Waals surface area (Å²) in [5.41, 5.74) is 4.53. The fourth-order valence-electron chi connectivity index (χ4n) is 4.98. The number of aryl methyl sites for hydroxylation is 1. The predicted octanol–water partition coefficient (Wildman–Crippen LogP) is 11.3. The van der Waals surface area contributed by atoms with Crippen LogP contribution in [0.2, 0.25) is 0 Å². The smallest absolute Gasteiger partial charge is 0.186 e. The second-order valence-corrected chi connectivity index (χ2v) is 11.6. The van der Waals surface area contributed by atoms with Crippen LogP contribution in [0.15, 0.2) is 53.4 Å². The minimum Gasteiger partial charge on any atom is -0.289 e. The van der Waals surface area contributed by atoms with E-state index in [4.69, 9.17) is 0 Å². The predicted molar refractivity (Wildman–Crippen MR) is 166 cm³/mol. The highest BCUT2D eigenvalue weighted by Crippen LogP contribution is 2.23. The summed E-state index contributed by atoms with van der Waals surface area (Å²) in [5.74, 6) is 1.31. The third kappa shape index (κ3) is 13.0. The van der Waals surface area contributed by atoms with Crippen LogP contribution >= 0.6 is 11.8 Å². The maximum atomic E-state index is 13.0. The molecule has 2 rings (SSSR count). The molecule has 0 spiro atoms. The molecule has 0 radical (unpaired) electrons. The molecule has 0 aliphatic heterocycles. The van der Waals surface area contributed by atoms with Crippen LogP contribution in [0, 0.1) is 0 Å². The molecule has 0 aliphatic rings. The van der Waals surface area contributed by atoms with Crippen LogP contribution in [0.5, 0.6) is 0 Å². The molecule has 0 N–H and O–H groups in total. The van der Waals surface area contributed by atoms with Gasteiger partial charge >= 0.3 is 0 Å². The Bertz CT molecular complexity index is 896. The molecule has 1 nitrogen and oxygen atoms in total. The van der Waals surface area contributed by atoms with Crippen LogP contribution in [-0.2, 0) is 12.8 Å². The minimum atomic E-state index is 0.117. The highest BCUT2D eigenvalue weighted by Gasteiger charge is 2.12. The molecule has 37 heavy (non-hydrogen) atoms. The maximum Gasteiger partial charge on any atom is 0.186 e. The van der Waals surface area contributed by atoms with Gasteiger partial charge in [0.05, 0.1) is 0 Å². The number of unbranched alkanes of at least 4 members (excludes halogenated alkanes) is 11. The van der Waals surface area contributed by atoms with Crippen LogP contribution in [0.3, 0.4) is 0 Å². The van der Waals surface area contributed by atoms with Gasteiger partial charge < -0.3 is 0 Å². The monoisotopic (exact) mass is 520 g/mol. The molecule has 0 fully saturated rings. The molecule has 0 amide bonds. The summed E-state index contributed by atoms with van der Waals surface area (Å²) in [6.45, 7) is 6.67. The van der Waals surface area contributed by atoms with Crippen molar-refractivity contribution < 1.29 is 4.79 Å². The standard InChI is InChI=1S/C35H52OS/c1-4-7-8-9-10-11-12-13-14-15-16-17-29-37-32-26-23-30(24-27-32)25-28-35(36)34-22-18-21-31(19-5-2)33(34)20-6-3/h18,21-28H,4-17,19-20,29H2,1-3H3/b28-25+. The van der Waals surface area contributed by atoms with Gasteiger partial charge in [-0.1, -0.05) is 141 Å². The van der Waals surface area contributed by atoms with Crippen LogP contribution in [0.25, 0.3) is 6.08 Å². The van der Waals surface area contributed by atoms with E-state index in [1.807, 2.05) is 30.0 Å². The average molecular weight is 521 g/mol. The Kier molecular flexibility index (Phi) is 17.2. The van der Waals surface area contributed by atoms with Crippen molar-refractivity contribution in [2.24, 2.45) is 0 Å². The molecular formula is C35H52OS. The van der Waals surface area contributed by atoms with Gasteiger partial charge in [0.2, 0.25) is 0 Å². The largest absolute Gasteiger partial charge is 0.289 e. The fraction of sp³-hybridized carbons (Fsp3) is 0.571. The topological polar surface area (TPSA) is 17.1 Å². The number of hydrogen-bond donors (Lipinski definition) is 0. The quantitative estimate of drug-likeness (QED) is 0.0704. The molecule has 0 saturated heterocycles. The molecule has 0 bridgehead atoms. The van der Waals surface area contributed by atoms with Crippen LogP contribution < -0.4 is 0 Å². The number of ketones is 1. The molecule has 2 aromatic rings. The third-order valence-corrected chi connectivity index (χ3v) is 8.23. The minimum absolute atomic E-state index is 0.117. The second-order valence-electron chi connectivity index (χ2n) is 10.4. The van der Waals surface area contributed by atoms with Crippen molar-refractivity contribution in [2.45, 2.75) is 128 Å². The van der Waals surface area contributed by atoms with Crippen LogP contribution in [0.4, 0.5) is 0 Å². The summed E-state index contributed by atoms with van der Waals surface area (Å²) < 4.78 is 0. The molecule has 0 atom stereocenters. The second kappa shape index (κ2) is 20.2. The summed E-state index contributed by atoms with van der Waals surface area (Å²) in [4.78, 5) is 14.3. The van der Waals surface area contributed by atoms with Crippen molar-refractivity contribution in [2.75, 3.05) is 5.75 Å². The van der Waals surface area contributed by atoms with E-state index in [0.717, 1.165) is 36.8 Å². The lowest BCUT2D eigenvalue weighted by Crippen LogP contribution is -2.05. The molecule has 2 heteroatoms. The van der Waals surface area contributed by atoms with E-state index in [1.165, 1.54) is 98.8 Å². The van der Waals surface area contributed by atoms with Crippen molar-refractivity contribution in [3.8, 4) is 0 Å². The van der Waals surface area contributed by atoms with E-state index in [1.54, 1.807) is 6.08 Å². The zero-order chi connectivity index (χ0) is 26.6. The van der Waals surface area contributed by atoms with Crippen molar-refractivity contribution in [3.63, 3.8) is 0 Å². The summed E-state index contributed by atoms with van der Waals surface area (Å²) in [6, 6.07) is 14.9. The first kappa shape index (κ1) is 31.4. The SMILES string of the molecule is CCCCCCCCCCCCCCSc1ccc(/C=C/C(=O)c2cccc(CCC)c2CCC)cc1. The molecule has 0 aromatic heterocycles. The number of hydrogen-bond acceptors (Lipinski definition) is 2. The van der Waals surface area contributed by atoms with Crippen molar-refractivity contribution in [1.82, 2.24) is 0 Å². The highest BCUT2D eigenvalue weighted by molar-refractivity contribution is 7.99. The third-order valence-electron chi connectivity index (χ3n) is 7.13. The van der Waals surface area contributed by atoms with Gasteiger partial charge in [-0.05, 0) is 59.9 Å². The van der Waals surface area contributed by atoms with Gasteiger partial charge in [0.1, 0.15) is 0 Å². The highest BCUT2D eigenvalue weighted by atomic mass is 32.2. The van der Waals surface area contributed by atoms with Gasteiger partial charge in [-0.3, -0.25) is 4.79 Å². The lowest BCUT2D eigenvalue weighted by molar-refractivity contribution is 0.104. The van der Waals surface area contributed by atoms with Gasteiger partial charge in [0.25, 0.3) is 0 Å². The molecular weight excluding hydrogens is 468 g/mol. The number of rotatable bonds is 21. The normalized spacial score (nSPS) is 11.4. The Balaban J connectivity index is 1.66. The number of carbonyl (C=O) groups is 1. The van der Waals surface area contributed by atoms with Crippen molar-refractivity contribution in [3.05, 3.63) is 70.8 Å². The van der Waals surface area contributed by atoms with E-state index >= 15 is 0 Å². The van der Waals surface area contributed by atoms with E-state index in [-0.39, 0.29) is 5.78 Å². The molecule has 0 aliphatic carbocycles. The first-order valence-corrected chi connectivity index (χ1v) is 16.2. The first-order chi connectivity index (χ1) is 18.2. The maximum absolute atomic E-state index is 13.0. The van der Waals surface area contributed by atoms with Crippen LogP contribution in [0.1, 0.15) is 138 Å². The summed E-state index contributed by atoms with van der Waals surface area (Å²) in [5, 5.41) is 0. The summed E-state index contributed by atoms with van der Waals surface area (Å²) in [7, 11) is 0. The lowest BCUT2D eigenvalue weighted by Gasteiger charge is -2.12. The Morgan fingerprint density at radius 3 is 1.86 bits per heavy atom. The van der Waals surface area contributed by atoms with E-state index in [2.05, 4.69) is 51.1 Å². The molecule has 0 heterocycles. The Morgan fingerprint density at radius 1 is 0.676 bits per heavy atom. The van der Waals surface area contributed by atoms with Gasteiger partial charge in [-0.25, -0.2) is 0 Å². The summed E-state index contributed by atoms with van der Waals surface area (Å²) in [6.07, 6.45) is 24.7. The van der Waals surface area contributed by atoms with E-state index < -0.39 is 0 Å². The number of benzene rings is 2. The molecule has 204 valence electrons. The van der Waals surface area contributed by atoms with Gasteiger partial charge in [0, 0.05) is 10.5 Å². The lowest BCUT2D eigenvalue weighted by atomic mass is 9.92. The average Bonchev–Trinajstić information content (AvgIpc) is 2.92. The Hall–Kier alpha value is -1.80. The molecule has 0 unspecified atom stereocenters. The Labute approximate surface area is 232 Å². The molecule has 2 aromatic carbocycles. The van der Waals surface area contributed by atoms with Crippen molar-refractivity contribution >= 4 is 23.6 Å². The summed E-state index contributed by atoms with van der Waals surface area (Å²) >= 11 is 1.95. The zero-order valence-corrected chi connectivity index (χ0v) is 24.8. The number of thioether (sulfide) groups is 1. The van der Waals surface area contributed by atoms with E-state index in [0.29, 0.717) is 0 Å². The number of allylic oxidation sites excluding steroid dienone is 1. The van der Waals surface area contributed by atoms with Gasteiger partial charge in [-0.15, -0.1) is 11.8 Å². The molecule has 0 saturated carbocycles. The fourth-order valence-corrected chi connectivity index (χ4v) is 5.90. The van der Waals surface area contributed by atoms with Crippen molar-refractivity contribution in [1.29, 1.82) is 0 Å². The van der Waals surface area contributed by atoms with Crippen LogP contribution in [-0.4, -0.2) is 11.5 Å².